The first-order valence-electron chi connectivity index (χ1n) is 11.7. The van der Waals surface area contributed by atoms with Crippen molar-refractivity contribution in [3.05, 3.63) is 82.7 Å². The Bertz CT molecular complexity index is 1250. The fourth-order valence-electron chi connectivity index (χ4n) is 5.50. The van der Waals surface area contributed by atoms with Crippen LogP contribution < -0.4 is 20.3 Å². The van der Waals surface area contributed by atoms with Gasteiger partial charge in [0.15, 0.2) is 11.5 Å². The van der Waals surface area contributed by atoms with Gasteiger partial charge >= 0.3 is 0 Å². The van der Waals surface area contributed by atoms with Gasteiger partial charge in [-0.05, 0) is 48.7 Å². The van der Waals surface area contributed by atoms with Gasteiger partial charge in [-0.2, -0.15) is 0 Å². The molecule has 3 heterocycles. The van der Waals surface area contributed by atoms with Crippen molar-refractivity contribution in [3.63, 3.8) is 0 Å². The summed E-state index contributed by atoms with van der Waals surface area (Å²) < 4.78 is 11.0. The molecule has 4 unspecified atom stereocenters. The van der Waals surface area contributed by atoms with Gasteiger partial charge in [0.1, 0.15) is 11.8 Å². The Labute approximate surface area is 204 Å². The zero-order valence-electron chi connectivity index (χ0n) is 20.3. The van der Waals surface area contributed by atoms with Gasteiger partial charge in [0, 0.05) is 30.4 Å². The van der Waals surface area contributed by atoms with E-state index in [0.29, 0.717) is 18.0 Å². The molecule has 8 heteroatoms. The van der Waals surface area contributed by atoms with Crippen molar-refractivity contribution in [2.24, 2.45) is 5.92 Å². The van der Waals surface area contributed by atoms with Crippen LogP contribution in [0.2, 0.25) is 0 Å². The minimum atomic E-state index is -0.449. The Hall–Kier alpha value is -3.62. The van der Waals surface area contributed by atoms with Gasteiger partial charge in [-0.15, -0.1) is 0 Å². The van der Waals surface area contributed by atoms with Gasteiger partial charge < -0.3 is 19.5 Å². The van der Waals surface area contributed by atoms with E-state index in [9.17, 15) is 9.90 Å². The Kier molecular flexibility index (Phi) is 6.08. The van der Waals surface area contributed by atoms with E-state index in [2.05, 4.69) is 15.8 Å². The highest BCUT2D eigenvalue weighted by Crippen LogP contribution is 2.50. The maximum atomic E-state index is 13.7. The van der Waals surface area contributed by atoms with E-state index in [-0.39, 0.29) is 29.7 Å². The largest absolute Gasteiger partial charge is 0.507 e. The summed E-state index contributed by atoms with van der Waals surface area (Å²) in [6.45, 7) is 4.33. The van der Waals surface area contributed by atoms with Crippen molar-refractivity contribution >= 4 is 5.91 Å². The molecular formula is C27H30N4O4. The molecule has 1 aromatic heterocycles. The van der Waals surface area contributed by atoms with Gasteiger partial charge in [0.2, 0.25) is 5.91 Å². The number of fused-ring (bicyclic) bond motifs is 1. The Morgan fingerprint density at radius 1 is 1.03 bits per heavy atom. The topological polar surface area (TPSA) is 96.0 Å². The molecule has 0 aliphatic carbocycles. The number of aromatic nitrogens is 1. The Balaban J connectivity index is 1.63. The molecule has 2 aromatic carbocycles. The van der Waals surface area contributed by atoms with Crippen LogP contribution in [0.1, 0.15) is 39.9 Å². The van der Waals surface area contributed by atoms with Crippen LogP contribution in [-0.4, -0.2) is 41.2 Å². The summed E-state index contributed by atoms with van der Waals surface area (Å²) >= 11 is 0. The van der Waals surface area contributed by atoms with E-state index >= 15 is 0 Å². The van der Waals surface area contributed by atoms with Crippen LogP contribution >= 0.6 is 0 Å². The second kappa shape index (κ2) is 9.20. The number of phenolic OH excluding ortho intramolecular Hbond substituents is 1. The van der Waals surface area contributed by atoms with Crippen molar-refractivity contribution < 1.29 is 19.4 Å². The van der Waals surface area contributed by atoms with Crippen molar-refractivity contribution in [2.45, 2.75) is 38.5 Å². The average Bonchev–Trinajstić information content (AvgIpc) is 3.40. The Morgan fingerprint density at radius 2 is 1.80 bits per heavy atom. The number of hydrogen-bond donors (Lipinski definition) is 3. The molecule has 4 atom stereocenters. The summed E-state index contributed by atoms with van der Waals surface area (Å²) in [7, 11) is 3.21. The molecule has 2 fully saturated rings. The van der Waals surface area contributed by atoms with Crippen LogP contribution in [0.25, 0.3) is 0 Å². The number of carbonyl (C=O) groups is 1. The van der Waals surface area contributed by atoms with Crippen LogP contribution in [-0.2, 0) is 11.3 Å². The summed E-state index contributed by atoms with van der Waals surface area (Å²) in [6.07, 6.45) is 3.51. The molecule has 0 bridgehead atoms. The number of methoxy groups -OCH3 is 2. The number of carbonyl (C=O) groups excluding carboxylic acids is 1. The predicted octanol–water partition coefficient (Wildman–Crippen LogP) is 3.34. The summed E-state index contributed by atoms with van der Waals surface area (Å²) in [5.74, 6) is 1.30. The minimum Gasteiger partial charge on any atom is -0.507 e. The minimum absolute atomic E-state index is 0.00231. The number of amides is 1. The summed E-state index contributed by atoms with van der Waals surface area (Å²) in [4.78, 5) is 19.9. The van der Waals surface area contributed by atoms with Crippen molar-refractivity contribution in [3.8, 4) is 17.2 Å². The zero-order chi connectivity index (χ0) is 24.7. The molecule has 5 rings (SSSR count). The molecule has 2 aliphatic rings. The van der Waals surface area contributed by atoms with E-state index < -0.39 is 6.04 Å². The molecule has 0 radical (unpaired) electrons. The first kappa shape index (κ1) is 23.1. The van der Waals surface area contributed by atoms with Gasteiger partial charge in [0.05, 0.1) is 26.3 Å². The fourth-order valence-corrected chi connectivity index (χ4v) is 5.50. The molecule has 3 N–H and O–H groups in total. The average molecular weight is 475 g/mol. The number of phenols is 1. The third-order valence-corrected chi connectivity index (χ3v) is 7.05. The van der Waals surface area contributed by atoms with Crippen LogP contribution in [0.15, 0.2) is 54.9 Å². The number of rotatable bonds is 6. The highest BCUT2D eigenvalue weighted by molar-refractivity contribution is 5.86. The molecule has 0 spiro atoms. The Morgan fingerprint density at radius 3 is 2.51 bits per heavy atom. The smallest absolute Gasteiger partial charge is 0.242 e. The standard InChI is InChI=1S/C27H30N4O4/c1-15-10-16(2)26(32)19(11-15)23-22-24(30-29-23)27(33)31(14-17-6-5-9-28-13-17)25(22)18-7-8-20(34-3)21(12-18)35-4/h5-13,22-25,29-30,32H,14H2,1-4H3. The molecule has 35 heavy (non-hydrogen) atoms. The first-order valence-corrected chi connectivity index (χ1v) is 11.7. The monoisotopic (exact) mass is 474 g/mol. The molecule has 182 valence electrons. The quantitative estimate of drug-likeness (QED) is 0.504. The number of hydrogen-bond acceptors (Lipinski definition) is 7. The highest BCUT2D eigenvalue weighted by Gasteiger charge is 2.56. The maximum absolute atomic E-state index is 13.7. The molecule has 8 nitrogen and oxygen atoms in total. The van der Waals surface area contributed by atoms with Crippen molar-refractivity contribution in [1.82, 2.24) is 20.7 Å². The molecule has 1 amide bonds. The van der Waals surface area contributed by atoms with Gasteiger partial charge in [-0.1, -0.05) is 29.8 Å². The number of hydrazine groups is 1. The van der Waals surface area contributed by atoms with Crippen LogP contribution in [0.4, 0.5) is 0 Å². The van der Waals surface area contributed by atoms with E-state index in [1.165, 1.54) is 0 Å². The number of nitrogens with one attached hydrogen (secondary N) is 2. The lowest BCUT2D eigenvalue weighted by molar-refractivity contribution is -0.131. The highest BCUT2D eigenvalue weighted by atomic mass is 16.5. The third kappa shape index (κ3) is 3.98. The van der Waals surface area contributed by atoms with Crippen molar-refractivity contribution in [2.75, 3.05) is 14.2 Å². The first-order chi connectivity index (χ1) is 16.9. The normalized spacial score (nSPS) is 23.4. The number of aryl methyl sites for hydroxylation is 2. The number of benzene rings is 2. The van der Waals surface area contributed by atoms with Crippen LogP contribution in [0.3, 0.4) is 0 Å². The summed E-state index contributed by atoms with van der Waals surface area (Å²) in [6, 6.07) is 12.6. The van der Waals surface area contributed by atoms with E-state index in [1.54, 1.807) is 26.6 Å². The van der Waals surface area contributed by atoms with Crippen LogP contribution in [0, 0.1) is 19.8 Å². The second-order valence-electron chi connectivity index (χ2n) is 9.23. The maximum Gasteiger partial charge on any atom is 0.242 e. The number of nitrogens with zero attached hydrogens (tertiary/aromatic N) is 2. The van der Waals surface area contributed by atoms with E-state index in [1.807, 2.05) is 61.2 Å². The summed E-state index contributed by atoms with van der Waals surface area (Å²) in [5.41, 5.74) is 11.1. The SMILES string of the molecule is COc1ccc(C2C3C(NNC3c3cc(C)cc(C)c3O)C(=O)N2Cc2cccnc2)cc1OC. The number of ether oxygens (including phenoxy) is 2. The molecule has 2 aliphatic heterocycles. The predicted molar refractivity (Wildman–Crippen MR) is 131 cm³/mol. The molecular weight excluding hydrogens is 444 g/mol. The van der Waals surface area contributed by atoms with Crippen molar-refractivity contribution in [1.29, 1.82) is 0 Å². The summed E-state index contributed by atoms with van der Waals surface area (Å²) in [5, 5.41) is 11.0. The van der Waals surface area contributed by atoms with Gasteiger partial charge in [-0.3, -0.25) is 9.78 Å². The molecule has 2 saturated heterocycles. The van der Waals surface area contributed by atoms with Gasteiger partial charge in [-0.25, -0.2) is 10.9 Å². The number of likely N-dealkylation sites (tertiary alicyclic amines) is 1. The zero-order valence-corrected chi connectivity index (χ0v) is 20.3. The second-order valence-corrected chi connectivity index (χ2v) is 9.23. The number of pyridine rings is 1. The lowest BCUT2D eigenvalue weighted by Gasteiger charge is -2.32. The fraction of sp³-hybridized carbons (Fsp3) is 0.333. The van der Waals surface area contributed by atoms with E-state index in [0.717, 1.165) is 27.8 Å². The van der Waals surface area contributed by atoms with Gasteiger partial charge in [0.25, 0.3) is 0 Å². The third-order valence-electron chi connectivity index (χ3n) is 7.05. The number of aromatic hydroxyl groups is 1. The lowest BCUT2D eigenvalue weighted by atomic mass is 9.82. The van der Waals surface area contributed by atoms with Crippen LogP contribution in [0.5, 0.6) is 17.2 Å². The van der Waals surface area contributed by atoms with E-state index in [4.69, 9.17) is 9.47 Å². The molecule has 0 saturated carbocycles. The molecule has 3 aromatic rings. The lowest BCUT2D eigenvalue weighted by Crippen LogP contribution is -2.41.